The second-order valence-corrected chi connectivity index (χ2v) is 31.0. The van der Waals surface area contributed by atoms with Gasteiger partial charge in [0.05, 0.1) is 76.0 Å². The maximum Gasteiger partial charge on any atom is 0.334 e. The molecule has 6 fully saturated rings. The highest BCUT2D eigenvalue weighted by molar-refractivity contribution is 5.92. The summed E-state index contributed by atoms with van der Waals surface area (Å²) in [4.78, 5) is 104. The van der Waals surface area contributed by atoms with Crippen LogP contribution in [0.15, 0.2) is 11.1 Å². The Kier molecular flexibility index (Phi) is 35.2. The van der Waals surface area contributed by atoms with Crippen LogP contribution in [-0.4, -0.2) is 274 Å². The van der Waals surface area contributed by atoms with Gasteiger partial charge in [-0.15, -0.1) is 0 Å². The quantitative estimate of drug-likeness (QED) is 0.0235. The van der Waals surface area contributed by atoms with Crippen LogP contribution in [0.3, 0.4) is 0 Å². The summed E-state index contributed by atoms with van der Waals surface area (Å²) in [5.41, 5.74) is -1.25. The van der Waals surface area contributed by atoms with Gasteiger partial charge in [0.25, 0.3) is 0 Å². The van der Waals surface area contributed by atoms with Crippen molar-refractivity contribution in [1.82, 2.24) is 31.9 Å². The maximum atomic E-state index is 14.5. The summed E-state index contributed by atoms with van der Waals surface area (Å²) in [7, 11) is 0. The number of rotatable bonds is 52. The van der Waals surface area contributed by atoms with Crippen LogP contribution >= 0.6 is 0 Å². The number of fused-ring (bicyclic) bond motifs is 2. The van der Waals surface area contributed by atoms with Crippen LogP contribution in [0.25, 0.3) is 0 Å². The van der Waals surface area contributed by atoms with Crippen molar-refractivity contribution in [3.63, 3.8) is 0 Å². The van der Waals surface area contributed by atoms with Crippen molar-refractivity contribution in [3.05, 3.63) is 11.1 Å². The van der Waals surface area contributed by atoms with Crippen LogP contribution in [0.1, 0.15) is 202 Å². The van der Waals surface area contributed by atoms with Crippen molar-refractivity contribution < 1.29 is 121 Å². The van der Waals surface area contributed by atoms with E-state index >= 15 is 0 Å². The van der Waals surface area contributed by atoms with E-state index in [0.717, 1.165) is 68.9 Å². The molecule has 610 valence electrons. The standard InChI is InChI=1S/C76H126N6O25/c1-48(2)53-43-60-76(107-60)73(5)25-20-52-54(47-102-71(52)96)55(73)44-59-75(76,106-59)70(53)105-65(93)19-18-64(92)82-74(26-39-98-36-22-61(89)77-29-12-6-9-15-32-83,28-41-100-38-24-63(91)79-31-14-8-11-17-34-101-72-67(81-50(4)87)69(95)68(94)58(46-85)104-72)27-40-99-37-23-62(90)78-30-13-7-10-16-33-97-35-21-57-66(80-49(3)86)56(88)42-51(45-84)103-57/h48,51,53,55-60,66-70,72,83-85,88,94-95H,6-47H2,1-5H3,(H,77,89)(H,78,90)(H,79,91)(H,80,86)(H,81,87)(H,82,92)/t51-,53?,55?,56-,57-,58+,59-,60-,66+,67+,68-,69+,70+,72+,73-,74?,75+,76+/m0/s1. The zero-order valence-electron chi connectivity index (χ0n) is 63.8. The van der Waals surface area contributed by atoms with Crippen LogP contribution in [0.4, 0.5) is 0 Å². The molecule has 2 saturated carbocycles. The molecule has 0 radical (unpaired) electrons. The van der Waals surface area contributed by atoms with Gasteiger partial charge in [-0.3, -0.25) is 33.6 Å². The molecule has 0 aromatic heterocycles. The van der Waals surface area contributed by atoms with E-state index in [1.807, 2.05) is 0 Å². The molecule has 2 spiro atoms. The Balaban J connectivity index is 0.830. The number of epoxide rings is 2. The fourth-order valence-corrected chi connectivity index (χ4v) is 17.1. The van der Waals surface area contributed by atoms with Gasteiger partial charge in [-0.05, 0) is 107 Å². The van der Waals surface area contributed by atoms with Gasteiger partial charge in [0.1, 0.15) is 42.7 Å². The number of aliphatic hydroxyl groups is 6. The number of aliphatic hydroxyl groups excluding tert-OH is 6. The number of hydrogen-bond donors (Lipinski definition) is 12. The first-order valence-corrected chi connectivity index (χ1v) is 39.7. The highest BCUT2D eigenvalue weighted by Crippen LogP contribution is 2.79. The molecule has 12 N–H and O–H groups in total. The van der Waals surface area contributed by atoms with Crippen LogP contribution < -0.4 is 31.9 Å². The lowest BCUT2D eigenvalue weighted by Gasteiger charge is -2.54. The fraction of sp³-hybridized carbons (Fsp3) is 0.868. The van der Waals surface area contributed by atoms with Crippen molar-refractivity contribution in [3.8, 4) is 0 Å². The first kappa shape index (κ1) is 87.5. The zero-order chi connectivity index (χ0) is 77.2. The summed E-state index contributed by atoms with van der Waals surface area (Å²) in [5, 5.41) is 77.2. The molecule has 8 rings (SSSR count). The van der Waals surface area contributed by atoms with E-state index in [4.69, 9.17) is 57.2 Å². The van der Waals surface area contributed by atoms with Crippen LogP contribution in [0, 0.1) is 23.2 Å². The zero-order valence-corrected chi connectivity index (χ0v) is 63.8. The van der Waals surface area contributed by atoms with Gasteiger partial charge in [-0.1, -0.05) is 59.3 Å². The number of unbranched alkanes of at least 4 members (excludes halogenated alkanes) is 9. The second-order valence-electron chi connectivity index (χ2n) is 31.0. The lowest BCUT2D eigenvalue weighted by molar-refractivity contribution is -0.270. The van der Waals surface area contributed by atoms with Gasteiger partial charge < -0.3 is 115 Å². The van der Waals surface area contributed by atoms with E-state index in [9.17, 15) is 63.9 Å². The third-order valence-electron chi connectivity index (χ3n) is 23.1. The van der Waals surface area contributed by atoms with Gasteiger partial charge in [-0.2, -0.15) is 0 Å². The first-order valence-electron chi connectivity index (χ1n) is 39.7. The lowest BCUT2D eigenvalue weighted by atomic mass is 9.46. The Morgan fingerprint density at radius 3 is 1.73 bits per heavy atom. The van der Waals surface area contributed by atoms with Gasteiger partial charge >= 0.3 is 11.9 Å². The van der Waals surface area contributed by atoms with Crippen molar-refractivity contribution >= 4 is 47.4 Å². The molecule has 5 heterocycles. The van der Waals surface area contributed by atoms with E-state index < -0.39 is 108 Å². The Bertz CT molecular complexity index is 2900. The molecule has 6 amide bonds. The Hall–Kier alpha value is -5.10. The van der Waals surface area contributed by atoms with Gasteiger partial charge in [-0.25, -0.2) is 4.79 Å². The molecule has 31 nitrogen and oxygen atoms in total. The summed E-state index contributed by atoms with van der Waals surface area (Å²) in [5.74, 6) is -2.51. The minimum absolute atomic E-state index is 0.0215. The minimum atomic E-state index is -1.42. The van der Waals surface area contributed by atoms with Gasteiger partial charge in [0, 0.05) is 134 Å². The summed E-state index contributed by atoms with van der Waals surface area (Å²) >= 11 is 0. The number of carbonyl (C=O) groups is 8. The SMILES string of the molecule is CC(=O)N[C@H]1[C@H](OCCCCCCNC(=O)CCOCCC(CCOCCC(=O)NCCCCCCO)(CCOCCC(=O)NCCCCCCOCC[C@@H]2O[C@H](CO)C[C@H](O)[C@H]2NC(C)=O)NC(=O)CCC(=O)O[C@@H]2C(C(C)C)C[C@@H]3O[C@]34[C@]23O[C@H]3CC2C3=C(CC[C@@]24C)C(=O)OC3)O[C@H](CO)[C@H](O)[C@@H]1O. The molecule has 4 saturated heterocycles. The Labute approximate surface area is 629 Å². The molecule has 0 bridgehead atoms. The Morgan fingerprint density at radius 2 is 1.16 bits per heavy atom. The maximum absolute atomic E-state index is 14.5. The van der Waals surface area contributed by atoms with Crippen molar-refractivity contribution in [2.24, 2.45) is 23.2 Å². The van der Waals surface area contributed by atoms with E-state index in [1.165, 1.54) is 13.8 Å². The number of esters is 2. The first-order chi connectivity index (χ1) is 51.5. The topological polar surface area (TPSA) is 438 Å². The van der Waals surface area contributed by atoms with Crippen molar-refractivity contribution in [1.29, 1.82) is 0 Å². The molecule has 8 aliphatic rings. The summed E-state index contributed by atoms with van der Waals surface area (Å²) in [6, 6.07) is -1.62. The molecule has 3 aliphatic carbocycles. The van der Waals surface area contributed by atoms with E-state index in [0.29, 0.717) is 84.2 Å². The van der Waals surface area contributed by atoms with Crippen molar-refractivity contribution in [2.45, 2.75) is 292 Å². The summed E-state index contributed by atoms with van der Waals surface area (Å²) in [6.07, 6.45) is 5.06. The third-order valence-corrected chi connectivity index (χ3v) is 23.1. The van der Waals surface area contributed by atoms with Gasteiger partial charge in [0.15, 0.2) is 11.9 Å². The van der Waals surface area contributed by atoms with E-state index in [-0.39, 0.29) is 183 Å². The van der Waals surface area contributed by atoms with Crippen LogP contribution in [0.5, 0.6) is 0 Å². The molecule has 5 aliphatic heterocycles. The smallest absolute Gasteiger partial charge is 0.334 e. The number of hydrogen-bond acceptors (Lipinski definition) is 25. The number of cyclic esters (lactones) is 1. The van der Waals surface area contributed by atoms with Gasteiger partial charge in [0.2, 0.25) is 35.4 Å². The summed E-state index contributed by atoms with van der Waals surface area (Å²) < 4.78 is 67.4. The average Bonchev–Trinajstić information content (AvgIpc) is 1.44. The van der Waals surface area contributed by atoms with E-state index in [2.05, 4.69) is 52.7 Å². The highest BCUT2D eigenvalue weighted by atomic mass is 16.7. The van der Waals surface area contributed by atoms with Crippen LogP contribution in [-0.2, 0) is 90.5 Å². The largest absolute Gasteiger partial charge is 0.459 e. The number of amides is 6. The summed E-state index contributed by atoms with van der Waals surface area (Å²) in [6.45, 7) is 11.7. The number of carbonyl (C=O) groups excluding carboxylic acids is 8. The average molecular weight is 1520 g/mol. The van der Waals surface area contributed by atoms with Crippen molar-refractivity contribution in [2.75, 3.05) is 106 Å². The normalized spacial score (nSPS) is 30.8. The molecule has 107 heavy (non-hydrogen) atoms. The minimum Gasteiger partial charge on any atom is -0.459 e. The lowest BCUT2D eigenvalue weighted by Crippen LogP contribution is -2.67. The molecule has 0 aromatic carbocycles. The molecule has 31 heteroatoms. The predicted octanol–water partition coefficient (Wildman–Crippen LogP) is 1.95. The number of ether oxygens (including phenoxy) is 11. The molecular weight excluding hydrogens is 1400 g/mol. The van der Waals surface area contributed by atoms with Crippen LogP contribution in [0.2, 0.25) is 0 Å². The monoisotopic (exact) mass is 1520 g/mol. The third kappa shape index (κ3) is 24.0. The highest BCUT2D eigenvalue weighted by Gasteiger charge is 2.93. The Morgan fingerprint density at radius 1 is 0.589 bits per heavy atom. The molecule has 3 unspecified atom stereocenters. The predicted molar refractivity (Wildman–Crippen MR) is 384 cm³/mol. The molecular formula is C76H126N6O25. The van der Waals surface area contributed by atoms with E-state index in [1.54, 1.807) is 0 Å². The second kappa shape index (κ2) is 43.1. The molecule has 18 atom stereocenters. The molecule has 0 aromatic rings. The number of nitrogens with one attached hydrogen (secondary N) is 6. The fourth-order valence-electron chi connectivity index (χ4n) is 17.1.